The van der Waals surface area contributed by atoms with Crippen molar-refractivity contribution in [2.24, 2.45) is 0 Å². The topological polar surface area (TPSA) is 21.3 Å². The highest BCUT2D eigenvalue weighted by Crippen LogP contribution is 2.26. The van der Waals surface area contributed by atoms with E-state index in [0.717, 1.165) is 6.54 Å². The number of hydrogen-bond acceptors (Lipinski definition) is 2. The number of nitrogens with one attached hydrogen (secondary N) is 1. The summed E-state index contributed by atoms with van der Waals surface area (Å²) in [6.45, 7) is 2.76. The molecule has 0 aliphatic heterocycles. The van der Waals surface area contributed by atoms with Crippen LogP contribution in [0.2, 0.25) is 5.02 Å². The van der Waals surface area contributed by atoms with Crippen LogP contribution in [0.3, 0.4) is 0 Å². The molecule has 88 valence electrons. The van der Waals surface area contributed by atoms with E-state index in [-0.39, 0.29) is 11.9 Å². The third-order valence-electron chi connectivity index (χ3n) is 2.49. The number of rotatable bonds is 5. The SMILES string of the molecule is CC(CNC1CC1)Oc1ccc(F)cc1Cl. The lowest BCUT2D eigenvalue weighted by atomic mass is 10.3. The van der Waals surface area contributed by atoms with E-state index >= 15 is 0 Å². The van der Waals surface area contributed by atoms with Crippen molar-refractivity contribution in [2.45, 2.75) is 31.9 Å². The summed E-state index contributed by atoms with van der Waals surface area (Å²) in [7, 11) is 0. The lowest BCUT2D eigenvalue weighted by Crippen LogP contribution is -2.30. The Balaban J connectivity index is 1.86. The molecule has 1 aliphatic carbocycles. The van der Waals surface area contributed by atoms with Crippen LogP contribution in [-0.2, 0) is 0 Å². The van der Waals surface area contributed by atoms with Gasteiger partial charge < -0.3 is 10.1 Å². The van der Waals surface area contributed by atoms with Crippen LogP contribution in [0.5, 0.6) is 5.75 Å². The standard InChI is InChI=1S/C12H15ClFNO/c1-8(7-15-10-3-4-10)16-12-5-2-9(14)6-11(12)13/h2,5-6,8,10,15H,3-4,7H2,1H3. The zero-order valence-electron chi connectivity index (χ0n) is 9.17. The fourth-order valence-corrected chi connectivity index (χ4v) is 1.66. The van der Waals surface area contributed by atoms with E-state index in [2.05, 4.69) is 5.32 Å². The molecule has 0 bridgehead atoms. The number of benzene rings is 1. The monoisotopic (exact) mass is 243 g/mol. The van der Waals surface area contributed by atoms with Gasteiger partial charge in [0.25, 0.3) is 0 Å². The molecule has 4 heteroatoms. The van der Waals surface area contributed by atoms with Gasteiger partial charge in [-0.25, -0.2) is 4.39 Å². The molecule has 2 nitrogen and oxygen atoms in total. The van der Waals surface area contributed by atoms with Crippen LogP contribution < -0.4 is 10.1 Å². The van der Waals surface area contributed by atoms with Gasteiger partial charge in [-0.1, -0.05) is 11.6 Å². The second-order valence-corrected chi connectivity index (χ2v) is 4.59. The van der Waals surface area contributed by atoms with Crippen LogP contribution >= 0.6 is 11.6 Å². The fraction of sp³-hybridized carbons (Fsp3) is 0.500. The van der Waals surface area contributed by atoms with Crippen molar-refractivity contribution < 1.29 is 9.13 Å². The van der Waals surface area contributed by atoms with Crippen molar-refractivity contribution in [1.29, 1.82) is 0 Å². The normalized spacial score (nSPS) is 17.2. The first kappa shape index (κ1) is 11.7. The van der Waals surface area contributed by atoms with Crippen molar-refractivity contribution in [1.82, 2.24) is 5.32 Å². The average molecular weight is 244 g/mol. The van der Waals surface area contributed by atoms with E-state index in [1.165, 1.54) is 25.0 Å². The maximum atomic E-state index is 12.8. The summed E-state index contributed by atoms with van der Waals surface area (Å²) in [6, 6.07) is 4.83. The smallest absolute Gasteiger partial charge is 0.138 e. The molecule has 0 aromatic heterocycles. The summed E-state index contributed by atoms with van der Waals surface area (Å²) < 4.78 is 18.4. The second kappa shape index (κ2) is 5.02. The zero-order chi connectivity index (χ0) is 11.5. The maximum Gasteiger partial charge on any atom is 0.138 e. The van der Waals surface area contributed by atoms with E-state index in [0.29, 0.717) is 16.8 Å². The van der Waals surface area contributed by atoms with Crippen molar-refractivity contribution >= 4 is 11.6 Å². The van der Waals surface area contributed by atoms with Crippen LogP contribution in [0.4, 0.5) is 4.39 Å². The second-order valence-electron chi connectivity index (χ2n) is 4.19. The van der Waals surface area contributed by atoms with Gasteiger partial charge in [0.2, 0.25) is 0 Å². The largest absolute Gasteiger partial charge is 0.488 e. The average Bonchev–Trinajstić information content (AvgIpc) is 3.03. The minimum Gasteiger partial charge on any atom is -0.488 e. The predicted octanol–water partition coefficient (Wildman–Crippen LogP) is 3.00. The molecule has 1 aliphatic rings. The van der Waals surface area contributed by atoms with Gasteiger partial charge in [-0.2, -0.15) is 0 Å². The minimum absolute atomic E-state index is 0.0311. The van der Waals surface area contributed by atoms with Crippen molar-refractivity contribution in [3.63, 3.8) is 0 Å². The Morgan fingerprint density at radius 1 is 1.56 bits per heavy atom. The molecular weight excluding hydrogens is 229 g/mol. The summed E-state index contributed by atoms with van der Waals surface area (Å²) in [5.41, 5.74) is 0. The third-order valence-corrected chi connectivity index (χ3v) is 2.79. The van der Waals surface area contributed by atoms with Crippen molar-refractivity contribution in [3.8, 4) is 5.75 Å². The van der Waals surface area contributed by atoms with Gasteiger partial charge >= 0.3 is 0 Å². The predicted molar refractivity (Wildman–Crippen MR) is 62.5 cm³/mol. The summed E-state index contributed by atoms with van der Waals surface area (Å²) in [5, 5.41) is 3.68. The van der Waals surface area contributed by atoms with Crippen LogP contribution in [0.1, 0.15) is 19.8 Å². The van der Waals surface area contributed by atoms with E-state index < -0.39 is 0 Å². The molecule has 1 saturated carbocycles. The molecular formula is C12H15ClFNO. The Morgan fingerprint density at radius 3 is 2.94 bits per heavy atom. The molecule has 1 aromatic rings. The van der Waals surface area contributed by atoms with E-state index in [1.54, 1.807) is 6.07 Å². The first-order chi connectivity index (χ1) is 7.65. The molecule has 0 radical (unpaired) electrons. The molecule has 1 aromatic carbocycles. The minimum atomic E-state index is -0.346. The molecule has 0 amide bonds. The summed E-state index contributed by atoms with van der Waals surface area (Å²) in [6.07, 6.45) is 2.54. The fourth-order valence-electron chi connectivity index (χ4n) is 1.45. The van der Waals surface area contributed by atoms with E-state index in [4.69, 9.17) is 16.3 Å². The lowest BCUT2D eigenvalue weighted by molar-refractivity contribution is 0.216. The lowest BCUT2D eigenvalue weighted by Gasteiger charge is -2.16. The van der Waals surface area contributed by atoms with Gasteiger partial charge in [0.15, 0.2) is 0 Å². The molecule has 1 N–H and O–H groups in total. The molecule has 1 fully saturated rings. The van der Waals surface area contributed by atoms with Crippen LogP contribution in [-0.4, -0.2) is 18.7 Å². The van der Waals surface area contributed by atoms with E-state index in [1.807, 2.05) is 6.92 Å². The Labute approximate surface area is 99.7 Å². The zero-order valence-corrected chi connectivity index (χ0v) is 9.93. The van der Waals surface area contributed by atoms with Crippen molar-refractivity contribution in [3.05, 3.63) is 29.0 Å². The third kappa shape index (κ3) is 3.35. The molecule has 0 heterocycles. The quantitative estimate of drug-likeness (QED) is 0.859. The van der Waals surface area contributed by atoms with Gasteiger partial charge in [0.05, 0.1) is 5.02 Å². The molecule has 16 heavy (non-hydrogen) atoms. The number of ether oxygens (including phenoxy) is 1. The first-order valence-electron chi connectivity index (χ1n) is 5.50. The van der Waals surface area contributed by atoms with Crippen molar-refractivity contribution in [2.75, 3.05) is 6.54 Å². The van der Waals surface area contributed by atoms with Gasteiger partial charge in [0, 0.05) is 12.6 Å². The summed E-state index contributed by atoms with van der Waals surface area (Å²) >= 11 is 5.86. The Bertz CT molecular complexity index is 368. The molecule has 1 atom stereocenters. The molecule has 0 saturated heterocycles. The van der Waals surface area contributed by atoms with Gasteiger partial charge in [-0.05, 0) is 38.0 Å². The van der Waals surface area contributed by atoms with Gasteiger partial charge in [-0.3, -0.25) is 0 Å². The Morgan fingerprint density at radius 2 is 2.31 bits per heavy atom. The Kier molecular flexibility index (Phi) is 3.66. The first-order valence-corrected chi connectivity index (χ1v) is 5.88. The highest BCUT2D eigenvalue weighted by Gasteiger charge is 2.21. The summed E-state index contributed by atoms with van der Waals surface area (Å²) in [4.78, 5) is 0. The number of hydrogen-bond donors (Lipinski definition) is 1. The highest BCUT2D eigenvalue weighted by atomic mass is 35.5. The highest BCUT2D eigenvalue weighted by molar-refractivity contribution is 6.32. The van der Waals surface area contributed by atoms with Crippen LogP contribution in [0.15, 0.2) is 18.2 Å². The van der Waals surface area contributed by atoms with Crippen LogP contribution in [0, 0.1) is 5.82 Å². The van der Waals surface area contributed by atoms with Crippen LogP contribution in [0.25, 0.3) is 0 Å². The van der Waals surface area contributed by atoms with Gasteiger partial charge in [-0.15, -0.1) is 0 Å². The summed E-state index contributed by atoms with van der Waals surface area (Å²) in [5.74, 6) is 0.189. The van der Waals surface area contributed by atoms with E-state index in [9.17, 15) is 4.39 Å². The molecule has 1 unspecified atom stereocenters. The molecule has 0 spiro atoms. The maximum absolute atomic E-state index is 12.8. The van der Waals surface area contributed by atoms with Gasteiger partial charge in [0.1, 0.15) is 17.7 Å². The Hall–Kier alpha value is -0.800. The number of halogens is 2. The molecule has 2 rings (SSSR count).